The van der Waals surface area contributed by atoms with Gasteiger partial charge in [0.1, 0.15) is 5.69 Å². The third-order valence-corrected chi connectivity index (χ3v) is 4.22. The van der Waals surface area contributed by atoms with Gasteiger partial charge in [-0.2, -0.15) is 9.65 Å². The third-order valence-electron chi connectivity index (χ3n) is 3.27. The van der Waals surface area contributed by atoms with Crippen molar-refractivity contribution in [2.75, 3.05) is 11.4 Å². The summed E-state index contributed by atoms with van der Waals surface area (Å²) in [5, 5.41) is 12.5. The predicted molar refractivity (Wildman–Crippen MR) is 90.6 cm³/mol. The fourth-order valence-electron chi connectivity index (χ4n) is 1.99. The van der Waals surface area contributed by atoms with Crippen molar-refractivity contribution in [3.63, 3.8) is 0 Å². The molecule has 0 aliphatic heterocycles. The summed E-state index contributed by atoms with van der Waals surface area (Å²) in [4.78, 5) is 21.8. The van der Waals surface area contributed by atoms with Crippen LogP contribution in [0.3, 0.4) is 0 Å². The number of hydrogen-bond donors (Lipinski definition) is 1. The summed E-state index contributed by atoms with van der Waals surface area (Å²) in [6.45, 7) is 6.50. The number of anilines is 2. The molecule has 2 heterocycles. The molecule has 6 nitrogen and oxygen atoms in total. The smallest absolute Gasteiger partial charge is 0.271 e. The summed E-state index contributed by atoms with van der Waals surface area (Å²) < 4.78 is 13.3. The van der Waals surface area contributed by atoms with E-state index < -0.39 is 5.95 Å². The van der Waals surface area contributed by atoms with Gasteiger partial charge in [0.25, 0.3) is 5.91 Å². The number of nitrogens with zero attached hydrogens (tertiary/aromatic N) is 4. The number of hydrogen-bond acceptors (Lipinski definition) is 6. The van der Waals surface area contributed by atoms with Crippen molar-refractivity contribution in [1.82, 2.24) is 15.3 Å². The molecule has 1 N–H and O–H groups in total. The Morgan fingerprint density at radius 3 is 2.92 bits per heavy atom. The Labute approximate surface area is 144 Å². The van der Waals surface area contributed by atoms with Crippen molar-refractivity contribution in [1.29, 1.82) is 5.26 Å². The molecule has 0 spiro atoms. The van der Waals surface area contributed by atoms with E-state index in [2.05, 4.69) is 29.1 Å². The van der Waals surface area contributed by atoms with Crippen LogP contribution in [0.1, 0.15) is 35.6 Å². The number of amides is 1. The van der Waals surface area contributed by atoms with Gasteiger partial charge in [0.15, 0.2) is 6.19 Å². The number of aromatic nitrogens is 2. The van der Waals surface area contributed by atoms with Crippen molar-refractivity contribution in [3.8, 4) is 6.19 Å². The number of halogens is 1. The Morgan fingerprint density at radius 1 is 1.54 bits per heavy atom. The van der Waals surface area contributed by atoms with Crippen LogP contribution in [-0.2, 0) is 0 Å². The molecular formula is C16H18FN5OS. The van der Waals surface area contributed by atoms with Crippen LogP contribution in [0.5, 0.6) is 0 Å². The van der Waals surface area contributed by atoms with Crippen LogP contribution < -0.4 is 10.2 Å². The first-order valence-corrected chi connectivity index (χ1v) is 8.31. The highest BCUT2D eigenvalue weighted by atomic mass is 32.1. The Morgan fingerprint density at radius 2 is 2.29 bits per heavy atom. The molecule has 126 valence electrons. The lowest BCUT2D eigenvalue weighted by molar-refractivity contribution is 0.0947. The number of carbonyl (C=O) groups is 1. The molecule has 0 fully saturated rings. The summed E-state index contributed by atoms with van der Waals surface area (Å²) in [5.74, 6) is -0.463. The standard InChI is InChI=1S/C16H18FN5OS/c1-10(2)4-6-20-15(23)14-11(3)24-16(21-14)22(9-18)12-5-7-19-13(17)8-12/h5,7-8,10H,4,6H2,1-3H3,(H,20,23). The normalized spacial score (nSPS) is 10.5. The fraction of sp³-hybridized carbons (Fsp3) is 0.375. The number of rotatable bonds is 6. The van der Waals surface area contributed by atoms with Gasteiger partial charge in [-0.25, -0.2) is 14.9 Å². The van der Waals surface area contributed by atoms with Crippen LogP contribution in [0.2, 0.25) is 0 Å². The van der Waals surface area contributed by atoms with Gasteiger partial charge >= 0.3 is 0 Å². The molecule has 2 rings (SSSR count). The average molecular weight is 347 g/mol. The molecule has 2 aromatic rings. The van der Waals surface area contributed by atoms with E-state index in [4.69, 9.17) is 0 Å². The average Bonchev–Trinajstić information content (AvgIpc) is 2.89. The minimum absolute atomic E-state index is 0.269. The highest BCUT2D eigenvalue weighted by Crippen LogP contribution is 2.30. The van der Waals surface area contributed by atoms with Gasteiger partial charge < -0.3 is 5.32 Å². The molecule has 0 saturated heterocycles. The SMILES string of the molecule is Cc1sc(N(C#N)c2ccnc(F)c2)nc1C(=O)NCCC(C)C. The molecule has 0 aliphatic carbocycles. The molecule has 0 saturated carbocycles. The molecule has 0 aliphatic rings. The van der Waals surface area contributed by atoms with Crippen molar-refractivity contribution in [2.45, 2.75) is 27.2 Å². The maximum Gasteiger partial charge on any atom is 0.271 e. The maximum absolute atomic E-state index is 13.3. The number of nitriles is 1. The Hall–Kier alpha value is -2.53. The summed E-state index contributed by atoms with van der Waals surface area (Å²) in [7, 11) is 0. The van der Waals surface area contributed by atoms with Gasteiger partial charge in [0, 0.05) is 23.7 Å². The highest BCUT2D eigenvalue weighted by molar-refractivity contribution is 7.16. The largest absolute Gasteiger partial charge is 0.351 e. The number of nitrogens with one attached hydrogen (secondary N) is 1. The second kappa shape index (κ2) is 7.84. The van der Waals surface area contributed by atoms with E-state index in [0.717, 1.165) is 12.5 Å². The van der Waals surface area contributed by atoms with Crippen molar-refractivity contribution in [3.05, 3.63) is 34.8 Å². The minimum atomic E-state index is -0.687. The Balaban J connectivity index is 2.20. The quantitative estimate of drug-likeness (QED) is 0.492. The summed E-state index contributed by atoms with van der Waals surface area (Å²) in [6, 6.07) is 2.65. The molecule has 8 heteroatoms. The monoisotopic (exact) mass is 347 g/mol. The van der Waals surface area contributed by atoms with E-state index in [0.29, 0.717) is 28.2 Å². The molecule has 24 heavy (non-hydrogen) atoms. The Kier molecular flexibility index (Phi) is 5.82. The van der Waals surface area contributed by atoms with Gasteiger partial charge in [-0.3, -0.25) is 4.79 Å². The maximum atomic E-state index is 13.3. The van der Waals surface area contributed by atoms with Crippen LogP contribution in [-0.4, -0.2) is 22.4 Å². The molecule has 2 aromatic heterocycles. The van der Waals surface area contributed by atoms with Gasteiger partial charge in [0.05, 0.1) is 5.69 Å². The molecule has 1 amide bonds. The van der Waals surface area contributed by atoms with E-state index in [1.54, 1.807) is 6.92 Å². The Bertz CT molecular complexity index is 768. The molecule has 0 atom stereocenters. The lowest BCUT2D eigenvalue weighted by Crippen LogP contribution is -2.26. The van der Waals surface area contributed by atoms with Crippen LogP contribution in [0.4, 0.5) is 15.2 Å². The number of aryl methyl sites for hydroxylation is 1. The number of pyridine rings is 1. The van der Waals surface area contributed by atoms with E-state index in [1.165, 1.54) is 28.5 Å². The van der Waals surface area contributed by atoms with Crippen molar-refractivity contribution in [2.24, 2.45) is 5.92 Å². The summed E-state index contributed by atoms with van der Waals surface area (Å²) >= 11 is 1.20. The van der Waals surface area contributed by atoms with Crippen LogP contribution in [0, 0.1) is 30.2 Å². The zero-order valence-electron chi connectivity index (χ0n) is 13.7. The summed E-state index contributed by atoms with van der Waals surface area (Å²) in [5.41, 5.74) is 0.596. The third kappa shape index (κ3) is 4.26. The second-order valence-electron chi connectivity index (χ2n) is 5.61. The first-order chi connectivity index (χ1) is 11.4. The second-order valence-corrected chi connectivity index (χ2v) is 6.79. The van der Waals surface area contributed by atoms with Crippen molar-refractivity contribution < 1.29 is 9.18 Å². The van der Waals surface area contributed by atoms with Gasteiger partial charge in [-0.1, -0.05) is 13.8 Å². The topological polar surface area (TPSA) is 81.9 Å². The van der Waals surface area contributed by atoms with E-state index in [-0.39, 0.29) is 11.6 Å². The molecular weight excluding hydrogens is 329 g/mol. The van der Waals surface area contributed by atoms with Gasteiger partial charge in [0.2, 0.25) is 11.1 Å². The fourth-order valence-corrected chi connectivity index (χ4v) is 2.87. The van der Waals surface area contributed by atoms with Gasteiger partial charge in [-0.05, 0) is 25.3 Å². The zero-order valence-corrected chi connectivity index (χ0v) is 14.5. The van der Waals surface area contributed by atoms with Crippen LogP contribution >= 0.6 is 11.3 Å². The molecule has 0 bridgehead atoms. The van der Waals surface area contributed by atoms with Crippen molar-refractivity contribution >= 4 is 28.1 Å². The first-order valence-electron chi connectivity index (χ1n) is 7.49. The number of carbonyl (C=O) groups excluding carboxylic acids is 1. The highest BCUT2D eigenvalue weighted by Gasteiger charge is 2.20. The molecule has 0 aromatic carbocycles. The van der Waals surface area contributed by atoms with E-state index in [1.807, 2.05) is 6.19 Å². The van der Waals surface area contributed by atoms with E-state index in [9.17, 15) is 14.4 Å². The van der Waals surface area contributed by atoms with Crippen LogP contribution in [0.25, 0.3) is 0 Å². The van der Waals surface area contributed by atoms with E-state index >= 15 is 0 Å². The predicted octanol–water partition coefficient (Wildman–Crippen LogP) is 3.38. The van der Waals surface area contributed by atoms with Crippen LogP contribution in [0.15, 0.2) is 18.3 Å². The minimum Gasteiger partial charge on any atom is -0.351 e. The lowest BCUT2D eigenvalue weighted by Gasteiger charge is -2.11. The van der Waals surface area contributed by atoms with Gasteiger partial charge in [-0.15, -0.1) is 11.3 Å². The zero-order chi connectivity index (χ0) is 17.7. The lowest BCUT2D eigenvalue weighted by atomic mass is 10.1. The first kappa shape index (κ1) is 17.8. The molecule has 0 radical (unpaired) electrons. The summed E-state index contributed by atoms with van der Waals surface area (Å²) in [6.07, 6.45) is 4.10. The number of thiazole rings is 1. The molecule has 0 unspecified atom stereocenters.